The van der Waals surface area contributed by atoms with Crippen molar-refractivity contribution in [2.24, 2.45) is 11.8 Å². The zero-order valence-corrected chi connectivity index (χ0v) is 18.6. The van der Waals surface area contributed by atoms with Crippen LogP contribution in [-0.4, -0.2) is 4.98 Å². The van der Waals surface area contributed by atoms with Gasteiger partial charge in [0.05, 0.1) is 22.8 Å². The van der Waals surface area contributed by atoms with Gasteiger partial charge in [-0.1, -0.05) is 61.0 Å². The third-order valence-electron chi connectivity index (χ3n) is 7.77. The van der Waals surface area contributed by atoms with Gasteiger partial charge in [0.1, 0.15) is 12.4 Å². The molecule has 33 heavy (non-hydrogen) atoms. The highest BCUT2D eigenvalue weighted by Gasteiger charge is 2.53. The molecule has 3 aromatic carbocycles. The molecule has 0 saturated heterocycles. The van der Waals surface area contributed by atoms with Gasteiger partial charge >= 0.3 is 0 Å². The Hall–Kier alpha value is -3.64. The summed E-state index contributed by atoms with van der Waals surface area (Å²) in [7, 11) is 0. The summed E-state index contributed by atoms with van der Waals surface area (Å²) in [5, 5.41) is 11.1. The Morgan fingerprint density at radius 3 is 2.58 bits per heavy atom. The summed E-state index contributed by atoms with van der Waals surface area (Å²) in [5.74, 6) is 2.12. The van der Waals surface area contributed by atoms with E-state index in [0.717, 1.165) is 45.8 Å². The molecule has 1 aromatic heterocycles. The molecule has 1 heterocycles. The van der Waals surface area contributed by atoms with E-state index >= 15 is 0 Å². The Balaban J connectivity index is 1.36. The van der Waals surface area contributed by atoms with Crippen molar-refractivity contribution in [3.8, 4) is 11.8 Å². The number of benzene rings is 3. The van der Waals surface area contributed by atoms with Crippen LogP contribution in [0.15, 0.2) is 84.9 Å². The Labute approximate surface area is 194 Å². The number of ether oxygens (including phenoxy) is 1. The second-order valence-electron chi connectivity index (χ2n) is 9.52. The SMILES string of the molecule is N#Cc1ccc(OCc2ccc3ccccc3n2)cc1C1(c2ccccc2)CC2CCC1C2. The Kier molecular flexibility index (Phi) is 4.88. The Morgan fingerprint density at radius 2 is 1.79 bits per heavy atom. The van der Waals surface area contributed by atoms with Crippen LogP contribution in [0.4, 0.5) is 0 Å². The van der Waals surface area contributed by atoms with E-state index in [4.69, 9.17) is 9.72 Å². The maximum Gasteiger partial charge on any atom is 0.130 e. The van der Waals surface area contributed by atoms with Gasteiger partial charge in [-0.25, -0.2) is 4.98 Å². The normalized spacial score (nSPS) is 23.5. The van der Waals surface area contributed by atoms with Crippen LogP contribution in [0.5, 0.6) is 5.75 Å². The van der Waals surface area contributed by atoms with Gasteiger partial charge in [-0.15, -0.1) is 0 Å². The van der Waals surface area contributed by atoms with E-state index in [-0.39, 0.29) is 5.41 Å². The van der Waals surface area contributed by atoms with E-state index in [2.05, 4.69) is 54.6 Å². The maximum atomic E-state index is 10.0. The van der Waals surface area contributed by atoms with Gasteiger partial charge in [-0.2, -0.15) is 5.26 Å². The maximum absolute atomic E-state index is 10.0. The fourth-order valence-corrected chi connectivity index (χ4v) is 6.33. The quantitative estimate of drug-likeness (QED) is 0.350. The summed E-state index contributed by atoms with van der Waals surface area (Å²) in [6, 6.07) is 31.5. The van der Waals surface area contributed by atoms with Crippen molar-refractivity contribution in [3.05, 3.63) is 107 Å². The highest BCUT2D eigenvalue weighted by Crippen LogP contribution is 2.60. The molecule has 0 radical (unpaired) electrons. The van der Waals surface area contributed by atoms with Crippen molar-refractivity contribution in [1.82, 2.24) is 4.98 Å². The number of para-hydroxylation sites is 1. The van der Waals surface area contributed by atoms with Gasteiger partial charge in [-0.3, -0.25) is 0 Å². The summed E-state index contributed by atoms with van der Waals surface area (Å²) in [5.41, 5.74) is 5.01. The fraction of sp³-hybridized carbons (Fsp3) is 0.267. The second-order valence-corrected chi connectivity index (χ2v) is 9.52. The third-order valence-corrected chi connectivity index (χ3v) is 7.77. The van der Waals surface area contributed by atoms with Gasteiger partial charge in [0.2, 0.25) is 0 Å². The van der Waals surface area contributed by atoms with Crippen molar-refractivity contribution in [1.29, 1.82) is 5.26 Å². The van der Waals surface area contributed by atoms with Crippen LogP contribution in [0.1, 0.15) is 48.1 Å². The lowest BCUT2D eigenvalue weighted by Gasteiger charge is -2.40. The van der Waals surface area contributed by atoms with E-state index in [1.54, 1.807) is 0 Å². The molecule has 6 rings (SSSR count). The van der Waals surface area contributed by atoms with Gasteiger partial charge in [0, 0.05) is 10.8 Å². The lowest BCUT2D eigenvalue weighted by Crippen LogP contribution is -2.34. The predicted octanol–water partition coefficient (Wildman–Crippen LogP) is 6.79. The average Bonchev–Trinajstić information content (AvgIpc) is 3.50. The van der Waals surface area contributed by atoms with Gasteiger partial charge in [0.15, 0.2) is 0 Å². The van der Waals surface area contributed by atoms with Crippen LogP contribution >= 0.6 is 0 Å². The predicted molar refractivity (Wildman–Crippen MR) is 130 cm³/mol. The minimum absolute atomic E-state index is 0.101. The summed E-state index contributed by atoms with van der Waals surface area (Å²) >= 11 is 0. The van der Waals surface area contributed by atoms with Crippen LogP contribution in [0.25, 0.3) is 10.9 Å². The molecule has 3 unspecified atom stereocenters. The zero-order valence-electron chi connectivity index (χ0n) is 18.6. The van der Waals surface area contributed by atoms with E-state index in [0.29, 0.717) is 12.5 Å². The van der Waals surface area contributed by atoms with Crippen molar-refractivity contribution in [2.75, 3.05) is 0 Å². The second kappa shape index (κ2) is 8.05. The first-order valence-electron chi connectivity index (χ1n) is 11.8. The highest BCUT2D eigenvalue weighted by molar-refractivity contribution is 5.78. The van der Waals surface area contributed by atoms with Crippen LogP contribution in [0, 0.1) is 23.2 Å². The van der Waals surface area contributed by atoms with Gasteiger partial charge in [0.25, 0.3) is 0 Å². The number of fused-ring (bicyclic) bond motifs is 3. The first kappa shape index (κ1) is 20.0. The summed E-state index contributed by atoms with van der Waals surface area (Å²) < 4.78 is 6.23. The molecule has 2 bridgehead atoms. The molecule has 2 aliphatic carbocycles. The number of hydrogen-bond donors (Lipinski definition) is 0. The molecule has 162 valence electrons. The van der Waals surface area contributed by atoms with Crippen LogP contribution in [-0.2, 0) is 12.0 Å². The topological polar surface area (TPSA) is 45.9 Å². The summed E-state index contributed by atoms with van der Waals surface area (Å²) in [4.78, 5) is 4.74. The monoisotopic (exact) mass is 430 g/mol. The van der Waals surface area contributed by atoms with E-state index in [9.17, 15) is 5.26 Å². The molecule has 3 nitrogen and oxygen atoms in total. The van der Waals surface area contributed by atoms with E-state index in [1.807, 2.05) is 36.4 Å². The molecule has 3 atom stereocenters. The minimum atomic E-state index is -0.101. The van der Waals surface area contributed by atoms with Crippen LogP contribution in [0.3, 0.4) is 0 Å². The molecule has 4 aromatic rings. The number of hydrogen-bond acceptors (Lipinski definition) is 3. The van der Waals surface area contributed by atoms with Gasteiger partial charge < -0.3 is 4.74 Å². The number of nitrogens with zero attached hydrogens (tertiary/aromatic N) is 2. The zero-order chi connectivity index (χ0) is 22.3. The Bertz CT molecular complexity index is 1360. The van der Waals surface area contributed by atoms with Crippen molar-refractivity contribution in [2.45, 2.75) is 37.7 Å². The molecule has 2 aliphatic rings. The molecule has 3 heteroatoms. The van der Waals surface area contributed by atoms with Gasteiger partial charge in [-0.05, 0) is 72.6 Å². The van der Waals surface area contributed by atoms with E-state index in [1.165, 1.54) is 24.8 Å². The first-order chi connectivity index (χ1) is 16.3. The van der Waals surface area contributed by atoms with E-state index < -0.39 is 0 Å². The molecular formula is C30H26N2O. The first-order valence-corrected chi connectivity index (χ1v) is 11.8. The minimum Gasteiger partial charge on any atom is -0.487 e. The third kappa shape index (κ3) is 3.38. The van der Waals surface area contributed by atoms with Crippen molar-refractivity contribution >= 4 is 10.9 Å². The highest BCUT2D eigenvalue weighted by atomic mass is 16.5. The average molecular weight is 431 g/mol. The smallest absolute Gasteiger partial charge is 0.130 e. The number of pyridine rings is 1. The molecular weight excluding hydrogens is 404 g/mol. The number of rotatable bonds is 5. The van der Waals surface area contributed by atoms with Crippen LogP contribution in [0.2, 0.25) is 0 Å². The lowest BCUT2D eigenvalue weighted by molar-refractivity contribution is 0.295. The summed E-state index contributed by atoms with van der Waals surface area (Å²) in [6.45, 7) is 0.403. The molecule has 2 fully saturated rings. The summed E-state index contributed by atoms with van der Waals surface area (Å²) in [6.07, 6.45) is 4.92. The molecule has 2 saturated carbocycles. The largest absolute Gasteiger partial charge is 0.487 e. The fourth-order valence-electron chi connectivity index (χ4n) is 6.33. The lowest BCUT2D eigenvalue weighted by atomic mass is 9.63. The standard InChI is InChI=1S/C30H26N2O/c31-19-23-12-15-27(33-20-26-14-11-22-6-4-5-9-29(22)32-26)17-28(23)30(24-7-2-1-3-8-24)18-21-10-13-25(30)16-21/h1-9,11-12,14-15,17,21,25H,10,13,16,18,20H2. The van der Waals surface area contributed by atoms with Crippen molar-refractivity contribution in [3.63, 3.8) is 0 Å². The van der Waals surface area contributed by atoms with Crippen molar-refractivity contribution < 1.29 is 4.74 Å². The molecule has 0 aliphatic heterocycles. The molecule has 0 amide bonds. The number of nitriles is 1. The molecule has 0 N–H and O–H groups in total. The molecule has 0 spiro atoms. The van der Waals surface area contributed by atoms with Crippen LogP contribution < -0.4 is 4.74 Å². The number of aromatic nitrogens is 1. The Morgan fingerprint density at radius 1 is 0.939 bits per heavy atom.